The summed E-state index contributed by atoms with van der Waals surface area (Å²) in [5.74, 6) is -2.21. The molecule has 7 nitrogen and oxygen atoms in total. The third-order valence-corrected chi connectivity index (χ3v) is 4.84. The van der Waals surface area contributed by atoms with E-state index in [2.05, 4.69) is 15.0 Å². The minimum atomic E-state index is -0.679. The minimum absolute atomic E-state index is 0.00639. The van der Waals surface area contributed by atoms with Crippen LogP contribution in [0.25, 0.3) is 0 Å². The average molecular weight is 532 g/mol. The van der Waals surface area contributed by atoms with Crippen molar-refractivity contribution in [1.82, 2.24) is 4.98 Å². The van der Waals surface area contributed by atoms with Crippen LogP contribution in [0.5, 0.6) is 0 Å². The number of benzene rings is 1. The summed E-state index contributed by atoms with van der Waals surface area (Å²) < 4.78 is 16.8. The zero-order valence-electron chi connectivity index (χ0n) is 14.3. The van der Waals surface area contributed by atoms with Gasteiger partial charge in [0.1, 0.15) is 29.2 Å². The Morgan fingerprint density at radius 3 is 2.79 bits per heavy atom. The molecule has 1 aromatic carbocycles. The number of rotatable bonds is 7. The molecule has 0 bridgehead atoms. The summed E-state index contributed by atoms with van der Waals surface area (Å²) in [5, 5.41) is 19.3. The molecule has 0 unspecified atom stereocenters. The molecule has 0 aliphatic rings. The summed E-state index contributed by atoms with van der Waals surface area (Å²) in [6.07, 6.45) is 0.849. The molecule has 0 spiro atoms. The highest BCUT2D eigenvalue weighted by molar-refractivity contribution is 14.2. The second kappa shape index (κ2) is 9.81. The summed E-state index contributed by atoms with van der Waals surface area (Å²) >= 11 is 7.40. The molecule has 144 valence electrons. The molecule has 1 heterocycles. The summed E-state index contributed by atoms with van der Waals surface area (Å²) in [4.78, 5) is 28.9. The number of carbonyl (C=O) groups excluding carboxylic acids is 2. The van der Waals surface area contributed by atoms with Crippen molar-refractivity contribution < 1.29 is 14.0 Å². The van der Waals surface area contributed by atoms with Crippen molar-refractivity contribution in [2.45, 2.75) is 6.92 Å². The van der Waals surface area contributed by atoms with Gasteiger partial charge in [0.15, 0.2) is 0 Å². The third kappa shape index (κ3) is 4.60. The second-order valence-corrected chi connectivity index (χ2v) is 7.33. The number of ketones is 1. The molecule has 0 atom stereocenters. The van der Waals surface area contributed by atoms with E-state index in [-0.39, 0.29) is 39.8 Å². The predicted molar refractivity (Wildman–Crippen MR) is 116 cm³/mol. The minimum Gasteiger partial charge on any atom is -0.323 e. The van der Waals surface area contributed by atoms with E-state index in [1.807, 2.05) is 27.3 Å². The molecule has 3 N–H and O–H groups in total. The van der Waals surface area contributed by atoms with Crippen LogP contribution in [0.15, 0.2) is 18.2 Å². The quantitative estimate of drug-likeness (QED) is 0.162. The molecule has 28 heavy (non-hydrogen) atoms. The number of anilines is 2. The number of nitrogens with zero attached hydrogens (tertiary/aromatic N) is 2. The van der Waals surface area contributed by atoms with Crippen molar-refractivity contribution in [3.63, 3.8) is 0 Å². The molecule has 0 saturated carbocycles. The van der Waals surface area contributed by atoms with Crippen molar-refractivity contribution in [3.05, 3.63) is 52.1 Å². The Kier molecular flexibility index (Phi) is 7.73. The smallest absolute Gasteiger partial charge is 0.239 e. The van der Waals surface area contributed by atoms with Crippen molar-refractivity contribution in [2.24, 2.45) is 0 Å². The number of hydrogen-bond donors (Lipinski definition) is 3. The van der Waals surface area contributed by atoms with Crippen molar-refractivity contribution in [2.75, 3.05) is 15.9 Å². The molecule has 0 fully saturated rings. The Morgan fingerprint density at radius 1 is 1.50 bits per heavy atom. The van der Waals surface area contributed by atoms with E-state index < -0.39 is 17.5 Å². The maximum atomic E-state index is 14.1. The van der Waals surface area contributed by atoms with Crippen LogP contribution in [0.1, 0.15) is 32.9 Å². The molecule has 2 aromatic rings. The van der Waals surface area contributed by atoms with E-state index in [1.165, 1.54) is 12.1 Å². The molecule has 11 heteroatoms. The number of aryl methyl sites for hydroxylation is 1. The number of carbonyl (C=O) groups is 2. The first-order chi connectivity index (χ1) is 13.4. The van der Waals surface area contributed by atoms with Crippen molar-refractivity contribution in [3.8, 4) is 6.07 Å². The molecule has 1 aromatic heterocycles. The van der Waals surface area contributed by atoms with Crippen LogP contribution in [0, 0.1) is 29.5 Å². The zero-order chi connectivity index (χ0) is 20.8. The van der Waals surface area contributed by atoms with Gasteiger partial charge >= 0.3 is 0 Å². The Morgan fingerprint density at radius 2 is 2.21 bits per heavy atom. The number of aromatic nitrogens is 1. The lowest BCUT2D eigenvalue weighted by atomic mass is 9.98. The van der Waals surface area contributed by atoms with E-state index >= 15 is 0 Å². The largest absolute Gasteiger partial charge is 0.323 e. The second-order valence-electron chi connectivity index (χ2n) is 5.38. The first kappa shape index (κ1) is 22.1. The van der Waals surface area contributed by atoms with Gasteiger partial charge in [-0.05, 0) is 30.7 Å². The lowest BCUT2D eigenvalue weighted by Gasteiger charge is -2.14. The summed E-state index contributed by atoms with van der Waals surface area (Å²) in [5.41, 5.74) is 0.314. The van der Waals surface area contributed by atoms with Crippen LogP contribution < -0.4 is 10.0 Å². The normalized spacial score (nSPS) is 10.1. The van der Waals surface area contributed by atoms with Crippen LogP contribution >= 0.6 is 41.9 Å². The summed E-state index contributed by atoms with van der Waals surface area (Å²) in [7, 11) is 1.07. The highest BCUT2D eigenvalue weighted by Gasteiger charge is 2.24. The molecule has 0 saturated heterocycles. The van der Waals surface area contributed by atoms with Gasteiger partial charge in [-0.2, -0.15) is 5.26 Å². The van der Waals surface area contributed by atoms with Crippen LogP contribution in [-0.2, 0) is 4.79 Å². The molecule has 2 rings (SSSR count). The van der Waals surface area contributed by atoms with Gasteiger partial charge in [0, 0.05) is 47.7 Å². The Hall–Kier alpha value is -2.23. The predicted octanol–water partition coefficient (Wildman–Crippen LogP) is 4.22. The third-order valence-electron chi connectivity index (χ3n) is 3.65. The molecule has 0 radical (unpaired) electrons. The fourth-order valence-electron chi connectivity index (χ4n) is 2.39. The fraction of sp³-hybridized carbons (Fsp3) is 0.118. The zero-order valence-corrected chi connectivity index (χ0v) is 18.0. The summed E-state index contributed by atoms with van der Waals surface area (Å²) in [6.45, 7) is 1.61. The highest BCUT2D eigenvalue weighted by Crippen LogP contribution is 2.30. The standard InChI is InChI=1S/C17H12ClFIN5O2S/c1-8-4-12(23-14(26)5-18)16(24-13(8)7-22)17(27)9-2-3-11(19)15(25-28-20)10(9)6-21/h2-4,6,21,25H,5H2,1H3,(H,23,26). The van der Waals surface area contributed by atoms with Crippen LogP contribution in [0.3, 0.4) is 0 Å². The molecule has 1 amide bonds. The number of pyridine rings is 1. The lowest BCUT2D eigenvalue weighted by Crippen LogP contribution is -2.19. The van der Waals surface area contributed by atoms with E-state index in [0.717, 1.165) is 21.4 Å². The number of alkyl halides is 1. The van der Waals surface area contributed by atoms with Crippen molar-refractivity contribution in [1.29, 1.82) is 10.7 Å². The molecular weight excluding hydrogens is 520 g/mol. The van der Waals surface area contributed by atoms with Gasteiger partial charge in [0.2, 0.25) is 11.7 Å². The van der Waals surface area contributed by atoms with Gasteiger partial charge in [0.05, 0.1) is 11.4 Å². The maximum Gasteiger partial charge on any atom is 0.239 e. The van der Waals surface area contributed by atoms with Gasteiger partial charge in [-0.1, -0.05) is 0 Å². The fourth-order valence-corrected chi connectivity index (χ4v) is 3.40. The topological polar surface area (TPSA) is 119 Å². The lowest BCUT2D eigenvalue weighted by molar-refractivity contribution is -0.113. The summed E-state index contributed by atoms with van der Waals surface area (Å²) in [6, 6.07) is 5.64. The van der Waals surface area contributed by atoms with E-state index in [1.54, 1.807) is 6.92 Å². The van der Waals surface area contributed by atoms with E-state index in [4.69, 9.17) is 17.0 Å². The monoisotopic (exact) mass is 531 g/mol. The number of halogens is 3. The van der Waals surface area contributed by atoms with Gasteiger partial charge in [-0.15, -0.1) is 11.6 Å². The highest BCUT2D eigenvalue weighted by atomic mass is 127. The van der Waals surface area contributed by atoms with Gasteiger partial charge < -0.3 is 15.4 Å². The number of nitrogens with one attached hydrogen (secondary N) is 3. The van der Waals surface area contributed by atoms with Crippen molar-refractivity contribution >= 4 is 71.2 Å². The van der Waals surface area contributed by atoms with Gasteiger partial charge in [-0.25, -0.2) is 9.37 Å². The number of amides is 1. The van der Waals surface area contributed by atoms with Crippen LogP contribution in [0.4, 0.5) is 15.8 Å². The SMILES string of the molecule is Cc1cc(NC(=O)CCl)c(C(=O)c2ccc(F)c(NSI)c2C=N)nc1C#N. The Labute approximate surface area is 181 Å². The van der Waals surface area contributed by atoms with Crippen LogP contribution in [-0.4, -0.2) is 28.8 Å². The first-order valence-electron chi connectivity index (χ1n) is 7.56. The van der Waals surface area contributed by atoms with Gasteiger partial charge in [-0.3, -0.25) is 9.59 Å². The van der Waals surface area contributed by atoms with Gasteiger partial charge in [0.25, 0.3) is 0 Å². The number of nitriles is 1. The average Bonchev–Trinajstić information content (AvgIpc) is 2.69. The molecule has 0 aliphatic heterocycles. The molecular formula is C17H12ClFIN5O2S. The maximum absolute atomic E-state index is 14.1. The Bertz CT molecular complexity index is 1010. The Balaban J connectivity index is 2.69. The number of hydrogen-bond acceptors (Lipinski definition) is 7. The molecule has 0 aliphatic carbocycles. The van der Waals surface area contributed by atoms with Crippen LogP contribution in [0.2, 0.25) is 0 Å². The first-order valence-corrected chi connectivity index (χ1v) is 11.5. The van der Waals surface area contributed by atoms with E-state index in [0.29, 0.717) is 5.56 Å². The van der Waals surface area contributed by atoms with E-state index in [9.17, 15) is 19.2 Å².